The molecule has 0 aliphatic carbocycles. The van der Waals surface area contributed by atoms with Crippen LogP contribution in [-0.2, 0) is 17.8 Å². The van der Waals surface area contributed by atoms with Gasteiger partial charge in [-0.25, -0.2) is 4.98 Å². The standard InChI is InChI=1S/C20H21BrN2O2S/c1-25-17-11-10-15(21)12-14(17)13-22-19(24)8-4-5-9-20-23-16-6-2-3-7-18(16)26-20/h2-3,6-7,10-12H,4-5,8-9,13H2,1H3,(H,22,24). The van der Waals surface area contributed by atoms with E-state index < -0.39 is 0 Å². The first-order chi connectivity index (χ1) is 12.7. The predicted molar refractivity (Wildman–Crippen MR) is 110 cm³/mol. The first-order valence-corrected chi connectivity index (χ1v) is 10.2. The summed E-state index contributed by atoms with van der Waals surface area (Å²) in [6.07, 6.45) is 3.28. The molecule has 1 aromatic heterocycles. The fraction of sp³-hybridized carbons (Fsp3) is 0.300. The second kappa shape index (κ2) is 9.14. The van der Waals surface area contributed by atoms with E-state index in [2.05, 4.69) is 32.3 Å². The second-order valence-corrected chi connectivity index (χ2v) is 8.05. The minimum absolute atomic E-state index is 0.0660. The molecule has 0 fully saturated rings. The third-order valence-corrected chi connectivity index (χ3v) is 5.69. The van der Waals surface area contributed by atoms with Crippen LogP contribution in [0.2, 0.25) is 0 Å². The topological polar surface area (TPSA) is 51.2 Å². The molecular formula is C20H21BrN2O2S. The number of unbranched alkanes of at least 4 members (excludes halogenated alkanes) is 1. The Labute approximate surface area is 165 Å². The molecule has 1 heterocycles. The highest BCUT2D eigenvalue weighted by molar-refractivity contribution is 9.10. The van der Waals surface area contributed by atoms with Crippen molar-refractivity contribution in [2.24, 2.45) is 0 Å². The number of nitrogens with one attached hydrogen (secondary N) is 1. The quantitative estimate of drug-likeness (QED) is 0.503. The van der Waals surface area contributed by atoms with Gasteiger partial charge in [0.2, 0.25) is 5.91 Å². The van der Waals surface area contributed by atoms with Gasteiger partial charge >= 0.3 is 0 Å². The van der Waals surface area contributed by atoms with Gasteiger partial charge in [-0.05, 0) is 49.6 Å². The van der Waals surface area contributed by atoms with Crippen LogP contribution in [0.5, 0.6) is 5.75 Å². The summed E-state index contributed by atoms with van der Waals surface area (Å²) in [6, 6.07) is 14.0. The van der Waals surface area contributed by atoms with Gasteiger partial charge in [0.15, 0.2) is 0 Å². The van der Waals surface area contributed by atoms with Gasteiger partial charge in [-0.3, -0.25) is 4.79 Å². The van der Waals surface area contributed by atoms with Gasteiger partial charge in [0.05, 0.1) is 22.3 Å². The van der Waals surface area contributed by atoms with Gasteiger partial charge in [0, 0.05) is 23.0 Å². The van der Waals surface area contributed by atoms with Crippen LogP contribution in [-0.4, -0.2) is 18.0 Å². The summed E-state index contributed by atoms with van der Waals surface area (Å²) in [4.78, 5) is 16.7. The highest BCUT2D eigenvalue weighted by Gasteiger charge is 2.07. The Morgan fingerprint density at radius 3 is 2.88 bits per heavy atom. The Hall–Kier alpha value is -1.92. The van der Waals surface area contributed by atoms with Crippen molar-refractivity contribution < 1.29 is 9.53 Å². The predicted octanol–water partition coefficient (Wildman–Crippen LogP) is 5.10. The van der Waals surface area contributed by atoms with E-state index in [-0.39, 0.29) is 5.91 Å². The van der Waals surface area contributed by atoms with Crippen molar-refractivity contribution >= 4 is 43.4 Å². The molecule has 0 aliphatic rings. The number of rotatable bonds is 8. The summed E-state index contributed by atoms with van der Waals surface area (Å²) in [5.41, 5.74) is 2.03. The number of hydrogen-bond acceptors (Lipinski definition) is 4. The third-order valence-electron chi connectivity index (χ3n) is 4.10. The number of para-hydroxylation sites is 1. The lowest BCUT2D eigenvalue weighted by Gasteiger charge is -2.10. The third kappa shape index (κ3) is 5.05. The molecule has 6 heteroatoms. The number of carbonyl (C=O) groups excluding carboxylic acids is 1. The maximum atomic E-state index is 12.1. The molecule has 0 unspecified atom stereocenters. The van der Waals surface area contributed by atoms with E-state index in [1.165, 1.54) is 4.70 Å². The van der Waals surface area contributed by atoms with E-state index in [0.29, 0.717) is 13.0 Å². The number of nitrogens with zero attached hydrogens (tertiary/aromatic N) is 1. The number of aromatic nitrogens is 1. The lowest BCUT2D eigenvalue weighted by molar-refractivity contribution is -0.121. The van der Waals surface area contributed by atoms with Crippen molar-refractivity contribution in [3.05, 3.63) is 57.5 Å². The monoisotopic (exact) mass is 432 g/mol. The number of ether oxygens (including phenoxy) is 1. The Morgan fingerprint density at radius 1 is 1.23 bits per heavy atom. The number of methoxy groups -OCH3 is 1. The second-order valence-electron chi connectivity index (χ2n) is 6.02. The molecule has 0 spiro atoms. The maximum Gasteiger partial charge on any atom is 0.220 e. The number of halogens is 1. The fourth-order valence-electron chi connectivity index (χ4n) is 2.76. The Bertz CT molecular complexity index is 861. The number of fused-ring (bicyclic) bond motifs is 1. The number of benzene rings is 2. The largest absolute Gasteiger partial charge is 0.496 e. The molecule has 2 aromatic carbocycles. The summed E-state index contributed by atoms with van der Waals surface area (Å²) < 4.78 is 7.52. The van der Waals surface area contributed by atoms with Crippen molar-refractivity contribution in [1.29, 1.82) is 0 Å². The normalized spacial score (nSPS) is 10.8. The lowest BCUT2D eigenvalue weighted by Crippen LogP contribution is -2.22. The van der Waals surface area contributed by atoms with Gasteiger partial charge < -0.3 is 10.1 Å². The van der Waals surface area contributed by atoms with Crippen LogP contribution in [0, 0.1) is 0 Å². The number of carbonyl (C=O) groups is 1. The van der Waals surface area contributed by atoms with Crippen LogP contribution in [0.25, 0.3) is 10.2 Å². The number of thiazole rings is 1. The van der Waals surface area contributed by atoms with Gasteiger partial charge in [-0.15, -0.1) is 11.3 Å². The van der Waals surface area contributed by atoms with Crippen molar-refractivity contribution in [1.82, 2.24) is 10.3 Å². The Kier molecular flexibility index (Phi) is 6.63. The molecule has 0 saturated carbocycles. The van der Waals surface area contributed by atoms with Crippen molar-refractivity contribution in [2.75, 3.05) is 7.11 Å². The van der Waals surface area contributed by atoms with Gasteiger partial charge in [0.25, 0.3) is 0 Å². The summed E-state index contributed by atoms with van der Waals surface area (Å²) >= 11 is 5.18. The molecule has 0 radical (unpaired) electrons. The fourth-order valence-corrected chi connectivity index (χ4v) is 4.17. The van der Waals surface area contributed by atoms with Crippen LogP contribution in [0.3, 0.4) is 0 Å². The van der Waals surface area contributed by atoms with Crippen molar-refractivity contribution in [3.8, 4) is 5.75 Å². The molecular weight excluding hydrogens is 412 g/mol. The van der Waals surface area contributed by atoms with E-state index in [0.717, 1.165) is 45.6 Å². The molecule has 0 aliphatic heterocycles. The van der Waals surface area contributed by atoms with Crippen LogP contribution >= 0.6 is 27.3 Å². The first kappa shape index (κ1) is 18.9. The van der Waals surface area contributed by atoms with Crippen LogP contribution in [0.4, 0.5) is 0 Å². The zero-order chi connectivity index (χ0) is 18.4. The maximum absolute atomic E-state index is 12.1. The Morgan fingerprint density at radius 2 is 2.08 bits per heavy atom. The van der Waals surface area contributed by atoms with Crippen LogP contribution in [0.1, 0.15) is 29.8 Å². The molecule has 4 nitrogen and oxygen atoms in total. The van der Waals surface area contributed by atoms with Crippen molar-refractivity contribution in [3.63, 3.8) is 0 Å². The minimum Gasteiger partial charge on any atom is -0.496 e. The Balaban J connectivity index is 1.41. The lowest BCUT2D eigenvalue weighted by atomic mass is 10.1. The summed E-state index contributed by atoms with van der Waals surface area (Å²) in [5, 5.41) is 4.11. The molecule has 3 aromatic rings. The molecule has 1 N–H and O–H groups in total. The first-order valence-electron chi connectivity index (χ1n) is 8.59. The van der Waals surface area contributed by atoms with Crippen LogP contribution in [0.15, 0.2) is 46.9 Å². The summed E-state index contributed by atoms with van der Waals surface area (Å²) in [5.74, 6) is 0.848. The van der Waals surface area contributed by atoms with Crippen molar-refractivity contribution in [2.45, 2.75) is 32.2 Å². The highest BCUT2D eigenvalue weighted by atomic mass is 79.9. The van der Waals surface area contributed by atoms with E-state index in [1.807, 2.05) is 36.4 Å². The molecule has 1 amide bonds. The molecule has 136 valence electrons. The summed E-state index contributed by atoms with van der Waals surface area (Å²) in [6.45, 7) is 0.472. The average Bonchev–Trinajstić information content (AvgIpc) is 3.06. The zero-order valence-corrected chi connectivity index (χ0v) is 17.0. The number of aryl methyl sites for hydroxylation is 1. The van der Waals surface area contributed by atoms with Gasteiger partial charge in [-0.2, -0.15) is 0 Å². The van der Waals surface area contributed by atoms with Gasteiger partial charge in [-0.1, -0.05) is 28.1 Å². The smallest absolute Gasteiger partial charge is 0.220 e. The van der Waals surface area contributed by atoms with E-state index in [1.54, 1.807) is 18.4 Å². The number of amides is 1. The highest BCUT2D eigenvalue weighted by Crippen LogP contribution is 2.24. The molecule has 0 saturated heterocycles. The average molecular weight is 433 g/mol. The number of hydrogen-bond donors (Lipinski definition) is 1. The molecule has 26 heavy (non-hydrogen) atoms. The zero-order valence-electron chi connectivity index (χ0n) is 14.6. The molecule has 0 atom stereocenters. The summed E-state index contributed by atoms with van der Waals surface area (Å²) in [7, 11) is 1.64. The molecule has 0 bridgehead atoms. The SMILES string of the molecule is COc1ccc(Br)cc1CNC(=O)CCCCc1nc2ccccc2s1. The van der Waals surface area contributed by atoms with E-state index in [9.17, 15) is 4.79 Å². The van der Waals surface area contributed by atoms with E-state index in [4.69, 9.17) is 4.74 Å². The minimum atomic E-state index is 0.0660. The van der Waals surface area contributed by atoms with E-state index >= 15 is 0 Å². The van der Waals surface area contributed by atoms with Gasteiger partial charge in [0.1, 0.15) is 5.75 Å². The molecule has 3 rings (SSSR count). The van der Waals surface area contributed by atoms with Crippen LogP contribution < -0.4 is 10.1 Å².